The summed E-state index contributed by atoms with van der Waals surface area (Å²) in [5.74, 6) is -1.52. The van der Waals surface area contributed by atoms with Gasteiger partial charge in [0.2, 0.25) is 11.8 Å². The van der Waals surface area contributed by atoms with Crippen LogP contribution in [0.3, 0.4) is 0 Å². The lowest BCUT2D eigenvalue weighted by atomic mass is 9.99. The fraction of sp³-hybridized carbons (Fsp3) is 0.438. The zero-order valence-electron chi connectivity index (χ0n) is 13.5. The molecule has 0 saturated heterocycles. The number of carbonyl (C=O) groups is 3. The fourth-order valence-corrected chi connectivity index (χ4v) is 2.32. The lowest BCUT2D eigenvalue weighted by molar-refractivity contribution is -0.146. The number of aryl methyl sites for hydroxylation is 1. The van der Waals surface area contributed by atoms with Crippen LogP contribution in [-0.4, -0.2) is 39.9 Å². The molecular formula is C16H22N2O4S. The molecule has 0 aromatic heterocycles. The molecule has 126 valence electrons. The molecule has 3 N–H and O–H groups in total. The number of hydrogen-bond acceptors (Lipinski definition) is 4. The van der Waals surface area contributed by atoms with Gasteiger partial charge in [-0.1, -0.05) is 24.6 Å². The maximum absolute atomic E-state index is 11.8. The van der Waals surface area contributed by atoms with E-state index in [2.05, 4.69) is 10.6 Å². The van der Waals surface area contributed by atoms with E-state index in [9.17, 15) is 14.4 Å². The number of benzene rings is 1. The van der Waals surface area contributed by atoms with Gasteiger partial charge in [-0.25, -0.2) is 4.79 Å². The first-order valence-electron chi connectivity index (χ1n) is 7.25. The SMILES string of the molecule is CCC(C)(NC(=O)CSCC(=O)Nc1ccc(C)cc1)C(=O)O. The third kappa shape index (κ3) is 6.32. The first-order valence-corrected chi connectivity index (χ1v) is 8.41. The summed E-state index contributed by atoms with van der Waals surface area (Å²) in [5.41, 5.74) is 0.531. The Labute approximate surface area is 140 Å². The lowest BCUT2D eigenvalue weighted by Crippen LogP contribution is -2.52. The van der Waals surface area contributed by atoms with Crippen LogP contribution in [0.25, 0.3) is 0 Å². The summed E-state index contributed by atoms with van der Waals surface area (Å²) in [4.78, 5) is 34.7. The van der Waals surface area contributed by atoms with Gasteiger partial charge in [-0.2, -0.15) is 0 Å². The number of aliphatic carboxylic acids is 1. The maximum atomic E-state index is 11.8. The summed E-state index contributed by atoms with van der Waals surface area (Å²) < 4.78 is 0. The second kappa shape index (κ2) is 8.57. The van der Waals surface area contributed by atoms with E-state index in [1.54, 1.807) is 6.92 Å². The highest BCUT2D eigenvalue weighted by molar-refractivity contribution is 8.00. The second-order valence-corrected chi connectivity index (χ2v) is 6.43. The predicted molar refractivity (Wildman–Crippen MR) is 91.6 cm³/mol. The van der Waals surface area contributed by atoms with E-state index < -0.39 is 17.4 Å². The van der Waals surface area contributed by atoms with Gasteiger partial charge in [0.25, 0.3) is 0 Å². The Morgan fingerprint density at radius 3 is 2.22 bits per heavy atom. The van der Waals surface area contributed by atoms with Crippen molar-refractivity contribution in [1.29, 1.82) is 0 Å². The molecule has 1 unspecified atom stereocenters. The Morgan fingerprint density at radius 1 is 1.13 bits per heavy atom. The average Bonchev–Trinajstić information content (AvgIpc) is 2.49. The van der Waals surface area contributed by atoms with Crippen molar-refractivity contribution in [3.05, 3.63) is 29.8 Å². The minimum atomic E-state index is -1.28. The fourth-order valence-electron chi connectivity index (χ4n) is 1.71. The zero-order chi connectivity index (χ0) is 17.5. The predicted octanol–water partition coefficient (Wildman–Crippen LogP) is 2.04. The van der Waals surface area contributed by atoms with Crippen LogP contribution in [0.5, 0.6) is 0 Å². The van der Waals surface area contributed by atoms with Gasteiger partial charge in [-0.3, -0.25) is 9.59 Å². The third-order valence-electron chi connectivity index (χ3n) is 3.40. The summed E-state index contributed by atoms with van der Waals surface area (Å²) in [5, 5.41) is 14.3. The monoisotopic (exact) mass is 338 g/mol. The lowest BCUT2D eigenvalue weighted by Gasteiger charge is -2.24. The molecule has 0 radical (unpaired) electrons. The number of carbonyl (C=O) groups excluding carboxylic acids is 2. The summed E-state index contributed by atoms with van der Waals surface area (Å²) in [6.07, 6.45) is 0.284. The van der Waals surface area contributed by atoms with Gasteiger partial charge in [0.1, 0.15) is 5.54 Å². The number of rotatable bonds is 8. The van der Waals surface area contributed by atoms with Gasteiger partial charge in [-0.05, 0) is 32.4 Å². The van der Waals surface area contributed by atoms with Gasteiger partial charge < -0.3 is 15.7 Å². The van der Waals surface area contributed by atoms with E-state index >= 15 is 0 Å². The molecule has 1 rings (SSSR count). The molecular weight excluding hydrogens is 316 g/mol. The molecule has 0 aliphatic rings. The van der Waals surface area contributed by atoms with Crippen LogP contribution in [-0.2, 0) is 14.4 Å². The molecule has 0 spiro atoms. The number of carboxylic acid groups (broad SMARTS) is 1. The summed E-state index contributed by atoms with van der Waals surface area (Å²) >= 11 is 1.14. The van der Waals surface area contributed by atoms with Crippen molar-refractivity contribution < 1.29 is 19.5 Å². The first-order chi connectivity index (χ1) is 10.8. The molecule has 6 nitrogen and oxygen atoms in total. The Hall–Kier alpha value is -2.02. The number of amides is 2. The topological polar surface area (TPSA) is 95.5 Å². The van der Waals surface area contributed by atoms with Crippen molar-refractivity contribution in [3.63, 3.8) is 0 Å². The van der Waals surface area contributed by atoms with Crippen molar-refractivity contribution in [3.8, 4) is 0 Å². The summed E-state index contributed by atoms with van der Waals surface area (Å²) in [6, 6.07) is 7.41. The highest BCUT2D eigenvalue weighted by Crippen LogP contribution is 2.12. The normalized spacial score (nSPS) is 13.0. The van der Waals surface area contributed by atoms with Crippen LogP contribution in [0, 0.1) is 6.92 Å². The van der Waals surface area contributed by atoms with E-state index in [0.717, 1.165) is 17.3 Å². The van der Waals surface area contributed by atoms with Crippen molar-refractivity contribution in [2.24, 2.45) is 0 Å². The first kappa shape index (κ1) is 19.0. The molecule has 0 heterocycles. The van der Waals surface area contributed by atoms with Gasteiger partial charge in [-0.15, -0.1) is 11.8 Å². The quantitative estimate of drug-likeness (QED) is 0.674. The number of nitrogens with one attached hydrogen (secondary N) is 2. The molecule has 2 amide bonds. The molecule has 0 fully saturated rings. The van der Waals surface area contributed by atoms with E-state index in [-0.39, 0.29) is 23.8 Å². The highest BCUT2D eigenvalue weighted by atomic mass is 32.2. The van der Waals surface area contributed by atoms with E-state index in [0.29, 0.717) is 5.69 Å². The molecule has 0 bridgehead atoms. The number of thioether (sulfide) groups is 1. The molecule has 1 aromatic carbocycles. The molecule has 0 saturated carbocycles. The van der Waals surface area contributed by atoms with Crippen LogP contribution in [0.1, 0.15) is 25.8 Å². The van der Waals surface area contributed by atoms with Gasteiger partial charge in [0.15, 0.2) is 0 Å². The Morgan fingerprint density at radius 2 is 1.70 bits per heavy atom. The smallest absolute Gasteiger partial charge is 0.329 e. The Kier molecular flexibility index (Phi) is 7.09. The second-order valence-electron chi connectivity index (χ2n) is 5.45. The minimum Gasteiger partial charge on any atom is -0.480 e. The largest absolute Gasteiger partial charge is 0.480 e. The molecule has 7 heteroatoms. The van der Waals surface area contributed by atoms with Gasteiger partial charge >= 0.3 is 5.97 Å². The molecule has 23 heavy (non-hydrogen) atoms. The number of hydrogen-bond donors (Lipinski definition) is 3. The molecule has 1 atom stereocenters. The molecule has 0 aliphatic carbocycles. The highest BCUT2D eigenvalue weighted by Gasteiger charge is 2.32. The molecule has 1 aromatic rings. The van der Waals surface area contributed by atoms with Gasteiger partial charge in [0.05, 0.1) is 11.5 Å². The van der Waals surface area contributed by atoms with Crippen molar-refractivity contribution in [2.75, 3.05) is 16.8 Å². The Bertz CT molecular complexity index is 574. The zero-order valence-corrected chi connectivity index (χ0v) is 14.3. The van der Waals surface area contributed by atoms with Crippen LogP contribution in [0.4, 0.5) is 5.69 Å². The maximum Gasteiger partial charge on any atom is 0.329 e. The van der Waals surface area contributed by atoms with Crippen molar-refractivity contribution >= 4 is 35.2 Å². The van der Waals surface area contributed by atoms with Crippen LogP contribution in [0.2, 0.25) is 0 Å². The van der Waals surface area contributed by atoms with E-state index in [1.165, 1.54) is 6.92 Å². The summed E-state index contributed by atoms with van der Waals surface area (Å²) in [7, 11) is 0. The Balaban J connectivity index is 2.35. The molecule has 0 aliphatic heterocycles. The third-order valence-corrected chi connectivity index (χ3v) is 4.33. The summed E-state index contributed by atoms with van der Waals surface area (Å²) in [6.45, 7) is 5.11. The van der Waals surface area contributed by atoms with E-state index in [4.69, 9.17) is 5.11 Å². The van der Waals surface area contributed by atoms with Crippen LogP contribution in [0.15, 0.2) is 24.3 Å². The van der Waals surface area contributed by atoms with E-state index in [1.807, 2.05) is 31.2 Å². The number of carboxylic acids is 1. The van der Waals surface area contributed by atoms with Crippen molar-refractivity contribution in [1.82, 2.24) is 5.32 Å². The minimum absolute atomic E-state index is 0.0319. The number of anilines is 1. The van der Waals surface area contributed by atoms with Crippen LogP contribution < -0.4 is 10.6 Å². The van der Waals surface area contributed by atoms with Crippen LogP contribution >= 0.6 is 11.8 Å². The van der Waals surface area contributed by atoms with Crippen molar-refractivity contribution in [2.45, 2.75) is 32.7 Å². The van der Waals surface area contributed by atoms with Gasteiger partial charge in [0, 0.05) is 5.69 Å². The standard InChI is InChI=1S/C16H22N2O4S/c1-4-16(3,15(21)22)18-14(20)10-23-9-13(19)17-12-7-5-11(2)6-8-12/h5-8H,4,9-10H2,1-3H3,(H,17,19)(H,18,20)(H,21,22). The average molecular weight is 338 g/mol.